The van der Waals surface area contributed by atoms with Gasteiger partial charge in [-0.25, -0.2) is 0 Å². The van der Waals surface area contributed by atoms with Crippen molar-refractivity contribution in [3.05, 3.63) is 23.2 Å². The number of nitrogens with zero attached hydrogens (tertiary/aromatic N) is 2. The summed E-state index contributed by atoms with van der Waals surface area (Å²) in [6.45, 7) is 2.85. The SMILES string of the molecule is COc1ccc(Cl)cc1NC(=O)CN(CCCN(C)C)C(C)=O. The minimum absolute atomic E-state index is 0.00156. The van der Waals surface area contributed by atoms with Gasteiger partial charge < -0.3 is 19.9 Å². The van der Waals surface area contributed by atoms with Crippen LogP contribution in [0.4, 0.5) is 5.69 Å². The summed E-state index contributed by atoms with van der Waals surface area (Å²) in [4.78, 5) is 27.4. The molecule has 0 spiro atoms. The molecule has 1 aromatic rings. The Morgan fingerprint density at radius 1 is 1.26 bits per heavy atom. The highest BCUT2D eigenvalue weighted by atomic mass is 35.5. The third kappa shape index (κ3) is 6.88. The first-order chi connectivity index (χ1) is 10.8. The molecule has 0 atom stereocenters. The van der Waals surface area contributed by atoms with Crippen LogP contribution in [-0.2, 0) is 9.59 Å². The van der Waals surface area contributed by atoms with E-state index in [-0.39, 0.29) is 18.4 Å². The van der Waals surface area contributed by atoms with Crippen molar-refractivity contribution < 1.29 is 14.3 Å². The molecule has 1 rings (SSSR count). The number of ether oxygens (including phenoxy) is 1. The summed E-state index contributed by atoms with van der Waals surface area (Å²) in [5.41, 5.74) is 0.488. The molecule has 1 aromatic carbocycles. The first kappa shape index (κ1) is 19.3. The fourth-order valence-corrected chi connectivity index (χ4v) is 2.24. The molecule has 6 nitrogen and oxygen atoms in total. The van der Waals surface area contributed by atoms with Gasteiger partial charge in [-0.05, 0) is 45.3 Å². The van der Waals surface area contributed by atoms with Crippen molar-refractivity contribution in [2.45, 2.75) is 13.3 Å². The van der Waals surface area contributed by atoms with Gasteiger partial charge in [0.05, 0.1) is 19.3 Å². The molecule has 0 aliphatic heterocycles. The number of nitrogens with one attached hydrogen (secondary N) is 1. The van der Waals surface area contributed by atoms with Gasteiger partial charge in [-0.2, -0.15) is 0 Å². The lowest BCUT2D eigenvalue weighted by Crippen LogP contribution is -2.38. The number of halogens is 1. The van der Waals surface area contributed by atoms with Gasteiger partial charge in [-0.15, -0.1) is 0 Å². The summed E-state index contributed by atoms with van der Waals surface area (Å²) in [7, 11) is 5.45. The normalized spacial score (nSPS) is 10.5. The summed E-state index contributed by atoms with van der Waals surface area (Å²) in [5, 5.41) is 3.23. The van der Waals surface area contributed by atoms with Gasteiger partial charge in [0, 0.05) is 18.5 Å². The molecular weight excluding hydrogens is 318 g/mol. The molecule has 128 valence electrons. The molecule has 0 aliphatic rings. The van der Waals surface area contributed by atoms with Gasteiger partial charge >= 0.3 is 0 Å². The smallest absolute Gasteiger partial charge is 0.244 e. The Bertz CT molecular complexity index is 549. The van der Waals surface area contributed by atoms with E-state index in [1.807, 2.05) is 19.0 Å². The van der Waals surface area contributed by atoms with Crippen molar-refractivity contribution in [1.82, 2.24) is 9.80 Å². The minimum atomic E-state index is -0.286. The number of hydrogen-bond acceptors (Lipinski definition) is 4. The summed E-state index contributed by atoms with van der Waals surface area (Å²) in [6, 6.07) is 4.97. The molecule has 0 aliphatic carbocycles. The van der Waals surface area contributed by atoms with E-state index < -0.39 is 0 Å². The third-order valence-corrected chi connectivity index (χ3v) is 3.48. The van der Waals surface area contributed by atoms with Crippen LogP contribution < -0.4 is 10.1 Å². The summed E-state index contributed by atoms with van der Waals surface area (Å²) >= 11 is 5.94. The number of amides is 2. The highest BCUT2D eigenvalue weighted by Crippen LogP contribution is 2.27. The topological polar surface area (TPSA) is 61.9 Å². The van der Waals surface area contributed by atoms with E-state index in [1.54, 1.807) is 18.2 Å². The van der Waals surface area contributed by atoms with E-state index >= 15 is 0 Å². The molecule has 0 saturated heterocycles. The van der Waals surface area contributed by atoms with Crippen LogP contribution in [0.3, 0.4) is 0 Å². The second-order valence-corrected chi connectivity index (χ2v) is 5.93. The van der Waals surface area contributed by atoms with Crippen LogP contribution in [0, 0.1) is 0 Å². The molecule has 0 heterocycles. The van der Waals surface area contributed by atoms with E-state index in [4.69, 9.17) is 16.3 Å². The number of rotatable bonds is 8. The van der Waals surface area contributed by atoms with Crippen molar-refractivity contribution in [3.8, 4) is 5.75 Å². The van der Waals surface area contributed by atoms with Crippen molar-refractivity contribution in [2.75, 3.05) is 46.2 Å². The molecule has 0 unspecified atom stereocenters. The third-order valence-electron chi connectivity index (χ3n) is 3.25. The van der Waals surface area contributed by atoms with Crippen LogP contribution in [0.1, 0.15) is 13.3 Å². The Kier molecular flexibility index (Phi) is 7.85. The fraction of sp³-hybridized carbons (Fsp3) is 0.500. The highest BCUT2D eigenvalue weighted by Gasteiger charge is 2.15. The van der Waals surface area contributed by atoms with Crippen LogP contribution in [0.2, 0.25) is 5.02 Å². The van der Waals surface area contributed by atoms with E-state index in [0.717, 1.165) is 13.0 Å². The maximum atomic E-state index is 12.2. The quantitative estimate of drug-likeness (QED) is 0.786. The van der Waals surface area contributed by atoms with Crippen LogP contribution in [0.5, 0.6) is 5.75 Å². The van der Waals surface area contributed by atoms with E-state index in [1.165, 1.54) is 18.9 Å². The molecule has 1 N–H and O–H groups in total. The maximum absolute atomic E-state index is 12.2. The Morgan fingerprint density at radius 3 is 2.52 bits per heavy atom. The van der Waals surface area contributed by atoms with Gasteiger partial charge in [-0.3, -0.25) is 9.59 Å². The zero-order valence-electron chi connectivity index (χ0n) is 14.1. The average Bonchev–Trinajstić information content (AvgIpc) is 2.46. The summed E-state index contributed by atoms with van der Waals surface area (Å²) in [6.07, 6.45) is 0.806. The number of benzene rings is 1. The lowest BCUT2D eigenvalue weighted by Gasteiger charge is -2.21. The van der Waals surface area contributed by atoms with Crippen LogP contribution in [-0.4, -0.2) is 62.5 Å². The van der Waals surface area contributed by atoms with Gasteiger partial charge in [0.15, 0.2) is 0 Å². The zero-order chi connectivity index (χ0) is 17.4. The molecule has 2 amide bonds. The molecule has 23 heavy (non-hydrogen) atoms. The monoisotopic (exact) mass is 341 g/mol. The lowest BCUT2D eigenvalue weighted by molar-refractivity contribution is -0.132. The average molecular weight is 342 g/mol. The fourth-order valence-electron chi connectivity index (χ4n) is 2.07. The zero-order valence-corrected chi connectivity index (χ0v) is 14.8. The lowest BCUT2D eigenvalue weighted by atomic mass is 10.3. The van der Waals surface area contributed by atoms with Gasteiger partial charge in [-0.1, -0.05) is 11.6 Å². The second-order valence-electron chi connectivity index (χ2n) is 5.49. The number of methoxy groups -OCH3 is 1. The molecule has 0 radical (unpaired) electrons. The molecule has 0 bridgehead atoms. The van der Waals surface area contributed by atoms with E-state index in [0.29, 0.717) is 23.0 Å². The summed E-state index contributed by atoms with van der Waals surface area (Å²) in [5.74, 6) is 0.104. The van der Waals surface area contributed by atoms with Gasteiger partial charge in [0.1, 0.15) is 5.75 Å². The Hall–Kier alpha value is -1.79. The standard InChI is InChI=1S/C16H24ClN3O3/c1-12(21)20(9-5-8-19(2)3)11-16(22)18-14-10-13(17)6-7-15(14)23-4/h6-7,10H,5,8-9,11H2,1-4H3,(H,18,22). The van der Waals surface area contributed by atoms with Crippen molar-refractivity contribution in [1.29, 1.82) is 0 Å². The van der Waals surface area contributed by atoms with Crippen molar-refractivity contribution >= 4 is 29.1 Å². The summed E-state index contributed by atoms with van der Waals surface area (Å²) < 4.78 is 5.19. The Morgan fingerprint density at radius 2 is 1.96 bits per heavy atom. The van der Waals surface area contributed by atoms with Gasteiger partial charge in [0.25, 0.3) is 0 Å². The molecular formula is C16H24ClN3O3. The minimum Gasteiger partial charge on any atom is -0.495 e. The number of anilines is 1. The molecule has 0 fully saturated rings. The highest BCUT2D eigenvalue weighted by molar-refractivity contribution is 6.31. The number of carbonyl (C=O) groups excluding carboxylic acids is 2. The Labute approximate surface area is 142 Å². The van der Waals surface area contributed by atoms with E-state index in [9.17, 15) is 9.59 Å². The predicted octanol–water partition coefficient (Wildman–Crippen LogP) is 2.09. The van der Waals surface area contributed by atoms with E-state index in [2.05, 4.69) is 5.32 Å². The molecule has 7 heteroatoms. The van der Waals surface area contributed by atoms with Crippen molar-refractivity contribution in [2.24, 2.45) is 0 Å². The Balaban J connectivity index is 2.65. The number of carbonyl (C=O) groups is 2. The second kappa shape index (κ2) is 9.37. The first-order valence-electron chi connectivity index (χ1n) is 7.37. The molecule has 0 saturated carbocycles. The van der Waals surface area contributed by atoms with Crippen LogP contribution in [0.15, 0.2) is 18.2 Å². The van der Waals surface area contributed by atoms with Crippen LogP contribution in [0.25, 0.3) is 0 Å². The predicted molar refractivity (Wildman–Crippen MR) is 92.1 cm³/mol. The van der Waals surface area contributed by atoms with Crippen LogP contribution >= 0.6 is 11.6 Å². The largest absolute Gasteiger partial charge is 0.495 e. The molecule has 0 aromatic heterocycles. The maximum Gasteiger partial charge on any atom is 0.244 e. The van der Waals surface area contributed by atoms with Gasteiger partial charge in [0.2, 0.25) is 11.8 Å². The van der Waals surface area contributed by atoms with Crippen molar-refractivity contribution in [3.63, 3.8) is 0 Å². The number of hydrogen-bond donors (Lipinski definition) is 1. The first-order valence-corrected chi connectivity index (χ1v) is 7.75.